The first-order valence-corrected chi connectivity index (χ1v) is 11.3. The Balaban J connectivity index is 1.48. The molecule has 4 rings (SSSR count). The Hall–Kier alpha value is -1.97. The van der Waals surface area contributed by atoms with Gasteiger partial charge in [-0.2, -0.15) is 0 Å². The zero-order valence-electron chi connectivity index (χ0n) is 17.6. The maximum atomic E-state index is 12.8. The van der Waals surface area contributed by atoms with E-state index < -0.39 is 0 Å². The molecule has 3 nitrogen and oxygen atoms in total. The number of piperidine rings is 2. The Kier molecular flexibility index (Phi) is 6.78. The molecular formula is C26H34N2O. The van der Waals surface area contributed by atoms with Crippen LogP contribution in [0.1, 0.15) is 54.4 Å². The highest BCUT2D eigenvalue weighted by atomic mass is 16.1. The van der Waals surface area contributed by atoms with Gasteiger partial charge in [-0.05, 0) is 63.8 Å². The molecule has 2 saturated heterocycles. The monoisotopic (exact) mass is 390 g/mol. The van der Waals surface area contributed by atoms with Crippen LogP contribution in [0.25, 0.3) is 0 Å². The van der Waals surface area contributed by atoms with E-state index in [-0.39, 0.29) is 11.2 Å². The summed E-state index contributed by atoms with van der Waals surface area (Å²) in [6.45, 7) is 6.22. The molecule has 0 spiro atoms. The normalized spacial score (nSPS) is 23.7. The fourth-order valence-electron chi connectivity index (χ4n) is 5.21. The molecule has 0 aromatic heterocycles. The smallest absolute Gasteiger partial charge is 0.176 e. The van der Waals surface area contributed by atoms with Gasteiger partial charge in [0.05, 0.1) is 6.54 Å². The lowest BCUT2D eigenvalue weighted by molar-refractivity contribution is 0.0828. The molecule has 2 aliphatic heterocycles. The van der Waals surface area contributed by atoms with Gasteiger partial charge in [0.25, 0.3) is 0 Å². The molecule has 2 fully saturated rings. The molecule has 0 N–H and O–H groups in total. The van der Waals surface area contributed by atoms with E-state index in [1.807, 2.05) is 30.3 Å². The number of carbonyl (C=O) groups is 1. The summed E-state index contributed by atoms with van der Waals surface area (Å²) in [4.78, 5) is 17.9. The standard InChI is InChI=1S/C26H34N2O/c29-25(23-11-4-1-5-12-23)21-28-19-10-15-26(22-28,24-13-6-2-7-14-24)16-20-27-17-8-3-9-18-27/h1-2,4-7,11-14H,3,8-10,15-22H2. The summed E-state index contributed by atoms with van der Waals surface area (Å²) in [5.74, 6) is 0.241. The number of ketones is 1. The van der Waals surface area contributed by atoms with Crippen molar-refractivity contribution in [2.24, 2.45) is 0 Å². The SMILES string of the molecule is O=C(CN1CCCC(CCN2CCCCC2)(c2ccccc2)C1)c1ccccc1. The molecule has 2 aliphatic rings. The van der Waals surface area contributed by atoms with Gasteiger partial charge in [0, 0.05) is 17.5 Å². The minimum Gasteiger partial charge on any atom is -0.303 e. The minimum atomic E-state index is 0.161. The average Bonchev–Trinajstić information content (AvgIpc) is 2.80. The van der Waals surface area contributed by atoms with E-state index >= 15 is 0 Å². The van der Waals surface area contributed by atoms with Crippen LogP contribution in [-0.4, -0.2) is 54.9 Å². The molecule has 2 heterocycles. The van der Waals surface area contributed by atoms with Crippen LogP contribution in [0.5, 0.6) is 0 Å². The lowest BCUT2D eigenvalue weighted by Gasteiger charge is -2.44. The second-order valence-electron chi connectivity index (χ2n) is 8.90. The third kappa shape index (κ3) is 5.15. The van der Waals surface area contributed by atoms with Crippen molar-refractivity contribution >= 4 is 5.78 Å². The lowest BCUT2D eigenvalue weighted by Crippen LogP contribution is -2.49. The van der Waals surface area contributed by atoms with Gasteiger partial charge in [0.15, 0.2) is 5.78 Å². The lowest BCUT2D eigenvalue weighted by atomic mass is 9.71. The number of carbonyl (C=O) groups excluding carboxylic acids is 1. The van der Waals surface area contributed by atoms with Crippen molar-refractivity contribution in [1.29, 1.82) is 0 Å². The molecule has 29 heavy (non-hydrogen) atoms. The average molecular weight is 391 g/mol. The summed E-state index contributed by atoms with van der Waals surface area (Å²) in [5.41, 5.74) is 2.44. The summed E-state index contributed by atoms with van der Waals surface area (Å²) >= 11 is 0. The first-order chi connectivity index (χ1) is 14.3. The molecule has 0 amide bonds. The van der Waals surface area contributed by atoms with Gasteiger partial charge in [0.2, 0.25) is 0 Å². The first kappa shape index (κ1) is 20.3. The molecule has 1 unspecified atom stereocenters. The van der Waals surface area contributed by atoms with Crippen molar-refractivity contribution in [1.82, 2.24) is 9.80 Å². The van der Waals surface area contributed by atoms with Crippen LogP contribution in [0.2, 0.25) is 0 Å². The number of benzene rings is 2. The number of hydrogen-bond donors (Lipinski definition) is 0. The molecule has 0 bridgehead atoms. The van der Waals surface area contributed by atoms with E-state index in [0.717, 1.165) is 25.1 Å². The molecule has 2 aromatic rings. The molecule has 0 aliphatic carbocycles. The Bertz CT molecular complexity index is 770. The zero-order chi connectivity index (χ0) is 19.9. The number of hydrogen-bond acceptors (Lipinski definition) is 3. The van der Waals surface area contributed by atoms with Crippen molar-refractivity contribution in [3.8, 4) is 0 Å². The molecule has 0 saturated carbocycles. The Labute approximate surface area is 175 Å². The van der Waals surface area contributed by atoms with Crippen LogP contribution in [0.4, 0.5) is 0 Å². The summed E-state index contributed by atoms with van der Waals surface area (Å²) in [6.07, 6.45) is 7.65. The van der Waals surface area contributed by atoms with E-state index in [4.69, 9.17) is 0 Å². The number of rotatable bonds is 7. The van der Waals surface area contributed by atoms with Gasteiger partial charge >= 0.3 is 0 Å². The molecule has 1 atom stereocenters. The van der Waals surface area contributed by atoms with Crippen LogP contribution in [-0.2, 0) is 5.41 Å². The van der Waals surface area contributed by atoms with Crippen LogP contribution >= 0.6 is 0 Å². The third-order valence-corrected chi connectivity index (χ3v) is 6.86. The highest BCUT2D eigenvalue weighted by Crippen LogP contribution is 2.37. The first-order valence-electron chi connectivity index (χ1n) is 11.3. The van der Waals surface area contributed by atoms with Gasteiger partial charge in [-0.1, -0.05) is 67.1 Å². The van der Waals surface area contributed by atoms with E-state index in [0.29, 0.717) is 6.54 Å². The second-order valence-corrected chi connectivity index (χ2v) is 8.90. The summed E-state index contributed by atoms with van der Waals surface area (Å²) in [5, 5.41) is 0. The van der Waals surface area contributed by atoms with Gasteiger partial charge in [0.1, 0.15) is 0 Å². The molecule has 2 aromatic carbocycles. The highest BCUT2D eigenvalue weighted by Gasteiger charge is 2.37. The van der Waals surface area contributed by atoms with E-state index in [1.54, 1.807) is 0 Å². The van der Waals surface area contributed by atoms with Crippen molar-refractivity contribution in [2.45, 2.75) is 43.9 Å². The summed E-state index contributed by atoms with van der Waals surface area (Å²) in [7, 11) is 0. The fraction of sp³-hybridized carbons (Fsp3) is 0.500. The fourth-order valence-corrected chi connectivity index (χ4v) is 5.21. The molecular weight excluding hydrogens is 356 g/mol. The van der Waals surface area contributed by atoms with Crippen LogP contribution in [0, 0.1) is 0 Å². The van der Waals surface area contributed by atoms with Gasteiger partial charge < -0.3 is 4.90 Å². The predicted molar refractivity (Wildman–Crippen MR) is 119 cm³/mol. The molecule has 3 heteroatoms. The summed E-state index contributed by atoms with van der Waals surface area (Å²) < 4.78 is 0. The highest BCUT2D eigenvalue weighted by molar-refractivity contribution is 5.97. The van der Waals surface area contributed by atoms with Crippen LogP contribution < -0.4 is 0 Å². The summed E-state index contributed by atoms with van der Waals surface area (Å²) in [6, 6.07) is 20.8. The Morgan fingerprint density at radius 3 is 2.17 bits per heavy atom. The Morgan fingerprint density at radius 2 is 1.45 bits per heavy atom. The van der Waals surface area contributed by atoms with Gasteiger partial charge in [-0.25, -0.2) is 0 Å². The van der Waals surface area contributed by atoms with E-state index in [2.05, 4.69) is 40.1 Å². The largest absolute Gasteiger partial charge is 0.303 e. The van der Waals surface area contributed by atoms with Crippen molar-refractivity contribution < 1.29 is 4.79 Å². The van der Waals surface area contributed by atoms with Gasteiger partial charge in [-0.15, -0.1) is 0 Å². The molecule has 154 valence electrons. The van der Waals surface area contributed by atoms with Gasteiger partial charge in [-0.3, -0.25) is 9.69 Å². The predicted octanol–water partition coefficient (Wildman–Crippen LogP) is 4.78. The molecule has 0 radical (unpaired) electrons. The second kappa shape index (κ2) is 9.69. The van der Waals surface area contributed by atoms with Crippen LogP contribution in [0.3, 0.4) is 0 Å². The quantitative estimate of drug-likeness (QED) is 0.636. The Morgan fingerprint density at radius 1 is 0.793 bits per heavy atom. The van der Waals surface area contributed by atoms with Crippen LogP contribution in [0.15, 0.2) is 60.7 Å². The van der Waals surface area contributed by atoms with E-state index in [1.165, 1.54) is 57.3 Å². The van der Waals surface area contributed by atoms with Crippen molar-refractivity contribution in [3.05, 3.63) is 71.8 Å². The maximum Gasteiger partial charge on any atom is 0.176 e. The van der Waals surface area contributed by atoms with Crippen molar-refractivity contribution in [3.63, 3.8) is 0 Å². The number of nitrogens with zero attached hydrogens (tertiary/aromatic N) is 2. The van der Waals surface area contributed by atoms with Crippen molar-refractivity contribution in [2.75, 3.05) is 39.3 Å². The van der Waals surface area contributed by atoms with E-state index in [9.17, 15) is 4.79 Å². The number of Topliss-reactive ketones (excluding diaryl/α,β-unsaturated/α-hetero) is 1. The zero-order valence-corrected chi connectivity index (χ0v) is 17.6. The topological polar surface area (TPSA) is 23.6 Å². The minimum absolute atomic E-state index is 0.161. The number of likely N-dealkylation sites (tertiary alicyclic amines) is 2. The maximum absolute atomic E-state index is 12.8. The third-order valence-electron chi connectivity index (χ3n) is 6.86.